The van der Waals surface area contributed by atoms with Crippen LogP contribution in [0.5, 0.6) is 0 Å². The van der Waals surface area contributed by atoms with Crippen LogP contribution < -0.4 is 0 Å². The van der Waals surface area contributed by atoms with Crippen molar-refractivity contribution in [2.75, 3.05) is 6.16 Å². The van der Waals surface area contributed by atoms with Gasteiger partial charge in [-0.3, -0.25) is 0 Å². The van der Waals surface area contributed by atoms with Crippen LogP contribution in [-0.2, 0) is 11.0 Å². The average Bonchev–Trinajstić information content (AvgIpc) is 2.19. The van der Waals surface area contributed by atoms with E-state index in [1.54, 1.807) is 0 Å². The molecule has 0 aliphatic heterocycles. The van der Waals surface area contributed by atoms with Gasteiger partial charge in [-0.2, -0.15) is 0 Å². The monoisotopic (exact) mass is 195 g/mol. The van der Waals surface area contributed by atoms with Crippen LogP contribution in [0.25, 0.3) is 0 Å². The van der Waals surface area contributed by atoms with Crippen molar-refractivity contribution < 1.29 is 4.57 Å². The van der Waals surface area contributed by atoms with Gasteiger partial charge in [0.1, 0.15) is 6.16 Å². The van der Waals surface area contributed by atoms with E-state index in [2.05, 4.69) is 24.3 Å². The molecule has 0 aromatic heterocycles. The first-order chi connectivity index (χ1) is 6.43. The lowest BCUT2D eigenvalue weighted by molar-refractivity contribution is 0.595. The summed E-state index contributed by atoms with van der Waals surface area (Å²) in [6, 6.07) is 10.5. The molecule has 0 N–H and O–H groups in total. The zero-order valence-corrected chi connectivity index (χ0v) is 8.83. The Kier molecular flexibility index (Phi) is 5.44. The lowest BCUT2D eigenvalue weighted by atomic mass is 10.1. The third-order valence-corrected chi connectivity index (χ3v) is 2.64. The van der Waals surface area contributed by atoms with Crippen LogP contribution in [0.3, 0.4) is 0 Å². The Morgan fingerprint density at radius 1 is 1.00 bits per heavy atom. The standard InChI is InChI=1S/C11H15OP/c12-13-10-6-2-5-9-11-7-3-1-4-8-11/h1,3-4,7-8H,2,5-6,9-10H2/p+1. The third kappa shape index (κ3) is 4.80. The first-order valence-electron chi connectivity index (χ1n) is 4.82. The molecule has 1 atom stereocenters. The highest BCUT2D eigenvalue weighted by Gasteiger charge is 1.94. The van der Waals surface area contributed by atoms with Crippen molar-refractivity contribution in [1.82, 2.24) is 0 Å². The largest absolute Gasteiger partial charge is 0.324 e. The lowest BCUT2D eigenvalue weighted by Crippen LogP contribution is -1.85. The molecule has 1 nitrogen and oxygen atoms in total. The summed E-state index contributed by atoms with van der Waals surface area (Å²) < 4.78 is 10.2. The van der Waals surface area contributed by atoms with Crippen LogP contribution in [0, 0.1) is 0 Å². The fourth-order valence-electron chi connectivity index (χ4n) is 1.35. The Hall–Kier alpha value is -0.680. The molecular formula is C11H16OP+. The number of hydrogen-bond donors (Lipinski definition) is 0. The fraction of sp³-hybridized carbons (Fsp3) is 0.455. The molecule has 2 heteroatoms. The molecule has 0 radical (unpaired) electrons. The molecule has 0 saturated heterocycles. The van der Waals surface area contributed by atoms with E-state index in [9.17, 15) is 4.57 Å². The first-order valence-corrected chi connectivity index (χ1v) is 5.94. The van der Waals surface area contributed by atoms with Crippen LogP contribution in [0.15, 0.2) is 30.3 Å². The van der Waals surface area contributed by atoms with E-state index in [-0.39, 0.29) is 8.46 Å². The zero-order valence-electron chi connectivity index (χ0n) is 7.83. The SMILES string of the molecule is O=[PH+]CCCCCc1ccccc1. The summed E-state index contributed by atoms with van der Waals surface area (Å²) in [5, 5.41) is 0. The molecule has 0 bridgehead atoms. The van der Waals surface area contributed by atoms with Gasteiger partial charge in [0.15, 0.2) is 0 Å². The van der Waals surface area contributed by atoms with Gasteiger partial charge in [-0.25, -0.2) is 0 Å². The minimum atomic E-state index is -0.114. The fourth-order valence-corrected chi connectivity index (χ4v) is 1.74. The van der Waals surface area contributed by atoms with Gasteiger partial charge in [-0.1, -0.05) is 34.9 Å². The maximum Gasteiger partial charge on any atom is 0.324 e. The van der Waals surface area contributed by atoms with E-state index in [1.807, 2.05) is 6.07 Å². The first kappa shape index (κ1) is 10.4. The lowest BCUT2D eigenvalue weighted by Gasteiger charge is -1.98. The Morgan fingerprint density at radius 2 is 1.77 bits per heavy atom. The van der Waals surface area contributed by atoms with E-state index in [1.165, 1.54) is 18.4 Å². The minimum Gasteiger partial charge on any atom is -0.0775 e. The number of rotatable bonds is 6. The second kappa shape index (κ2) is 6.80. The molecule has 0 aliphatic carbocycles. The van der Waals surface area contributed by atoms with Gasteiger partial charge >= 0.3 is 8.46 Å². The highest BCUT2D eigenvalue weighted by molar-refractivity contribution is 7.23. The Morgan fingerprint density at radius 3 is 2.46 bits per heavy atom. The van der Waals surface area contributed by atoms with Crippen molar-refractivity contribution in [3.05, 3.63) is 35.9 Å². The van der Waals surface area contributed by atoms with Gasteiger partial charge in [0.2, 0.25) is 0 Å². The highest BCUT2D eigenvalue weighted by atomic mass is 31.1. The molecule has 0 heterocycles. The molecule has 1 aromatic rings. The zero-order chi connectivity index (χ0) is 9.36. The minimum absolute atomic E-state index is 0.114. The van der Waals surface area contributed by atoms with Gasteiger partial charge in [0.05, 0.1) is 0 Å². The van der Waals surface area contributed by atoms with Crippen LogP contribution in [0.2, 0.25) is 0 Å². The van der Waals surface area contributed by atoms with E-state index in [4.69, 9.17) is 0 Å². The van der Waals surface area contributed by atoms with E-state index >= 15 is 0 Å². The predicted molar refractivity (Wildman–Crippen MR) is 57.9 cm³/mol. The van der Waals surface area contributed by atoms with Crippen LogP contribution in [0.4, 0.5) is 0 Å². The van der Waals surface area contributed by atoms with E-state index in [0.717, 1.165) is 19.0 Å². The molecule has 1 unspecified atom stereocenters. The molecular weight excluding hydrogens is 179 g/mol. The van der Waals surface area contributed by atoms with Gasteiger partial charge in [-0.15, -0.1) is 0 Å². The quantitative estimate of drug-likeness (QED) is 0.502. The van der Waals surface area contributed by atoms with E-state index < -0.39 is 0 Å². The van der Waals surface area contributed by atoms with Gasteiger partial charge in [-0.05, 0) is 31.2 Å². The Labute approximate surface area is 81.4 Å². The highest BCUT2D eigenvalue weighted by Crippen LogP contribution is 2.07. The maximum absolute atomic E-state index is 10.2. The molecule has 1 rings (SSSR count). The van der Waals surface area contributed by atoms with Crippen molar-refractivity contribution in [2.24, 2.45) is 0 Å². The predicted octanol–water partition coefficient (Wildman–Crippen LogP) is 3.42. The topological polar surface area (TPSA) is 17.1 Å². The Balaban J connectivity index is 2.10. The molecule has 0 spiro atoms. The molecule has 70 valence electrons. The van der Waals surface area contributed by atoms with E-state index in [0.29, 0.717) is 0 Å². The Bertz CT molecular complexity index is 233. The molecule has 0 aliphatic rings. The maximum atomic E-state index is 10.2. The van der Waals surface area contributed by atoms with Gasteiger partial charge < -0.3 is 0 Å². The van der Waals surface area contributed by atoms with Crippen molar-refractivity contribution in [1.29, 1.82) is 0 Å². The van der Waals surface area contributed by atoms with Gasteiger partial charge in [0.25, 0.3) is 0 Å². The average molecular weight is 195 g/mol. The van der Waals surface area contributed by atoms with Crippen LogP contribution >= 0.6 is 8.46 Å². The number of unbranched alkanes of at least 4 members (excludes halogenated alkanes) is 2. The van der Waals surface area contributed by atoms with Crippen molar-refractivity contribution >= 4 is 8.46 Å². The van der Waals surface area contributed by atoms with Crippen LogP contribution in [-0.4, -0.2) is 6.16 Å². The molecule has 0 amide bonds. The molecule has 13 heavy (non-hydrogen) atoms. The van der Waals surface area contributed by atoms with Crippen molar-refractivity contribution in [2.45, 2.75) is 25.7 Å². The second-order valence-corrected chi connectivity index (χ2v) is 3.98. The molecule has 1 aromatic carbocycles. The number of hydrogen-bond acceptors (Lipinski definition) is 1. The summed E-state index contributed by atoms with van der Waals surface area (Å²) in [6.45, 7) is 0. The summed E-state index contributed by atoms with van der Waals surface area (Å²) >= 11 is 0. The summed E-state index contributed by atoms with van der Waals surface area (Å²) in [6.07, 6.45) is 5.55. The second-order valence-electron chi connectivity index (χ2n) is 3.19. The smallest absolute Gasteiger partial charge is 0.0775 e. The normalized spacial score (nSPS) is 10.5. The van der Waals surface area contributed by atoms with Crippen molar-refractivity contribution in [3.63, 3.8) is 0 Å². The number of aryl methyl sites for hydroxylation is 1. The number of benzene rings is 1. The summed E-state index contributed by atoms with van der Waals surface area (Å²) in [7, 11) is -0.114. The molecule has 0 saturated carbocycles. The third-order valence-electron chi connectivity index (χ3n) is 2.09. The van der Waals surface area contributed by atoms with Crippen molar-refractivity contribution in [3.8, 4) is 0 Å². The van der Waals surface area contributed by atoms with Gasteiger partial charge in [0, 0.05) is 0 Å². The van der Waals surface area contributed by atoms with Crippen LogP contribution in [0.1, 0.15) is 24.8 Å². The molecule has 0 fully saturated rings. The summed E-state index contributed by atoms with van der Waals surface area (Å²) in [4.78, 5) is 0. The summed E-state index contributed by atoms with van der Waals surface area (Å²) in [5.41, 5.74) is 1.41. The summed E-state index contributed by atoms with van der Waals surface area (Å²) in [5.74, 6) is 0.